The van der Waals surface area contributed by atoms with Crippen LogP contribution in [0, 0.1) is 11.8 Å². The molecule has 1 heterocycles. The number of rotatable bonds is 1. The third kappa shape index (κ3) is 1.99. The van der Waals surface area contributed by atoms with E-state index in [2.05, 4.69) is 0 Å². The molecule has 0 radical (unpaired) electrons. The van der Waals surface area contributed by atoms with Gasteiger partial charge in [0.2, 0.25) is 0 Å². The molecule has 3 unspecified atom stereocenters. The van der Waals surface area contributed by atoms with Crippen LogP contribution in [0.2, 0.25) is 0 Å². The minimum atomic E-state index is -0.921. The van der Waals surface area contributed by atoms with Crippen molar-refractivity contribution >= 4 is 12.1 Å². The molecule has 2 aliphatic rings. The van der Waals surface area contributed by atoms with Crippen LogP contribution in [0.5, 0.6) is 0 Å². The summed E-state index contributed by atoms with van der Waals surface area (Å²) in [7, 11) is 0. The zero-order valence-electron chi connectivity index (χ0n) is 9.77. The number of ether oxygens (including phenoxy) is 1. The van der Waals surface area contributed by atoms with Crippen LogP contribution in [-0.2, 0) is 9.53 Å². The Kier molecular flexibility index (Phi) is 2.36. The van der Waals surface area contributed by atoms with E-state index in [-0.39, 0.29) is 5.92 Å². The number of carbonyl (C=O) groups excluding carboxylic acids is 1. The molecular formula is C11H17NO4. The van der Waals surface area contributed by atoms with Gasteiger partial charge in [-0.2, -0.15) is 0 Å². The number of nitrogens with zero attached hydrogens (tertiary/aromatic N) is 1. The first-order chi connectivity index (χ1) is 7.29. The second-order valence-electron chi connectivity index (χ2n) is 5.58. The lowest BCUT2D eigenvalue weighted by atomic mass is 10.2. The molecule has 1 aliphatic heterocycles. The third-order valence-corrected chi connectivity index (χ3v) is 3.03. The van der Waals surface area contributed by atoms with Gasteiger partial charge >= 0.3 is 12.1 Å². The molecule has 2 rings (SSSR count). The highest BCUT2D eigenvalue weighted by molar-refractivity contribution is 5.82. The normalized spacial score (nSPS) is 32.2. The van der Waals surface area contributed by atoms with E-state index in [1.54, 1.807) is 20.8 Å². The van der Waals surface area contributed by atoms with Crippen LogP contribution in [0.3, 0.4) is 0 Å². The monoisotopic (exact) mass is 227 g/mol. The number of aliphatic carboxylic acids is 1. The largest absolute Gasteiger partial charge is 0.480 e. The van der Waals surface area contributed by atoms with Crippen molar-refractivity contribution in [1.29, 1.82) is 0 Å². The molecule has 1 aliphatic carbocycles. The van der Waals surface area contributed by atoms with E-state index in [0.29, 0.717) is 12.5 Å². The van der Waals surface area contributed by atoms with Gasteiger partial charge in [0.05, 0.1) is 0 Å². The van der Waals surface area contributed by atoms with Crippen molar-refractivity contribution in [2.45, 2.75) is 38.8 Å². The topological polar surface area (TPSA) is 66.8 Å². The molecule has 0 bridgehead atoms. The SMILES string of the molecule is CC(C)(C)OC(=O)N1CC2CC2C1C(=O)O. The highest BCUT2D eigenvalue weighted by atomic mass is 16.6. The summed E-state index contributed by atoms with van der Waals surface area (Å²) in [4.78, 5) is 24.2. The Morgan fingerprint density at radius 3 is 2.50 bits per heavy atom. The van der Waals surface area contributed by atoms with Gasteiger partial charge in [0.1, 0.15) is 11.6 Å². The van der Waals surface area contributed by atoms with Crippen LogP contribution in [0.4, 0.5) is 4.79 Å². The number of carboxylic acid groups (broad SMARTS) is 1. The minimum absolute atomic E-state index is 0.144. The lowest BCUT2D eigenvalue weighted by Gasteiger charge is -2.28. The second kappa shape index (κ2) is 3.37. The summed E-state index contributed by atoms with van der Waals surface area (Å²) in [6.45, 7) is 5.85. The molecule has 5 nitrogen and oxygen atoms in total. The molecule has 16 heavy (non-hydrogen) atoms. The molecule has 90 valence electrons. The predicted octanol–water partition coefficient (Wildman–Crippen LogP) is 1.33. The number of hydrogen-bond donors (Lipinski definition) is 1. The van der Waals surface area contributed by atoms with Gasteiger partial charge in [0.15, 0.2) is 0 Å². The van der Waals surface area contributed by atoms with Crippen molar-refractivity contribution in [3.8, 4) is 0 Å². The third-order valence-electron chi connectivity index (χ3n) is 3.03. The summed E-state index contributed by atoms with van der Waals surface area (Å²) >= 11 is 0. The fourth-order valence-corrected chi connectivity index (χ4v) is 2.29. The molecule has 2 fully saturated rings. The van der Waals surface area contributed by atoms with Crippen LogP contribution >= 0.6 is 0 Å². The molecule has 0 aromatic rings. The maximum absolute atomic E-state index is 11.8. The van der Waals surface area contributed by atoms with Gasteiger partial charge in [-0.1, -0.05) is 0 Å². The van der Waals surface area contributed by atoms with Crippen LogP contribution in [0.25, 0.3) is 0 Å². The summed E-state index contributed by atoms with van der Waals surface area (Å²) in [6, 6.07) is -0.681. The zero-order chi connectivity index (χ0) is 12.1. The second-order valence-corrected chi connectivity index (χ2v) is 5.58. The number of amides is 1. The summed E-state index contributed by atoms with van der Waals surface area (Å²) in [5, 5.41) is 9.08. The number of fused-ring (bicyclic) bond motifs is 1. The van der Waals surface area contributed by atoms with Crippen LogP contribution < -0.4 is 0 Å². The Morgan fingerprint density at radius 1 is 1.38 bits per heavy atom. The lowest BCUT2D eigenvalue weighted by Crippen LogP contribution is -2.45. The lowest BCUT2D eigenvalue weighted by molar-refractivity contribution is -0.142. The van der Waals surface area contributed by atoms with Gasteiger partial charge in [-0.25, -0.2) is 9.59 Å². The number of hydrogen-bond acceptors (Lipinski definition) is 3. The highest BCUT2D eigenvalue weighted by Gasteiger charge is 2.57. The van der Waals surface area contributed by atoms with E-state index in [0.717, 1.165) is 6.42 Å². The molecule has 0 spiro atoms. The van der Waals surface area contributed by atoms with E-state index >= 15 is 0 Å². The Bertz CT molecular complexity index is 333. The van der Waals surface area contributed by atoms with Crippen molar-refractivity contribution in [3.63, 3.8) is 0 Å². The molecule has 1 N–H and O–H groups in total. The fourth-order valence-electron chi connectivity index (χ4n) is 2.29. The molecule has 0 aromatic heterocycles. The smallest absolute Gasteiger partial charge is 0.411 e. The molecule has 1 saturated carbocycles. The van der Waals surface area contributed by atoms with Crippen molar-refractivity contribution in [2.24, 2.45) is 11.8 Å². The quantitative estimate of drug-likeness (QED) is 0.733. The molecule has 0 aromatic carbocycles. The molecule has 1 amide bonds. The number of carboxylic acids is 1. The van der Waals surface area contributed by atoms with Gasteiger partial charge in [-0.3, -0.25) is 4.90 Å². The summed E-state index contributed by atoms with van der Waals surface area (Å²) < 4.78 is 5.19. The van der Waals surface area contributed by atoms with E-state index in [1.165, 1.54) is 4.90 Å². The first-order valence-corrected chi connectivity index (χ1v) is 5.52. The van der Waals surface area contributed by atoms with Crippen molar-refractivity contribution < 1.29 is 19.4 Å². The van der Waals surface area contributed by atoms with Crippen LogP contribution in [-0.4, -0.2) is 40.3 Å². The van der Waals surface area contributed by atoms with Crippen molar-refractivity contribution in [2.75, 3.05) is 6.54 Å². The van der Waals surface area contributed by atoms with Crippen LogP contribution in [0.1, 0.15) is 27.2 Å². The Hall–Kier alpha value is -1.26. The molecular weight excluding hydrogens is 210 g/mol. The maximum atomic E-state index is 11.8. The van der Waals surface area contributed by atoms with E-state index in [4.69, 9.17) is 9.84 Å². The average molecular weight is 227 g/mol. The summed E-state index contributed by atoms with van der Waals surface area (Å²) in [5.41, 5.74) is -0.576. The zero-order valence-corrected chi connectivity index (χ0v) is 9.77. The Balaban J connectivity index is 2.04. The Labute approximate surface area is 94.4 Å². The predicted molar refractivity (Wildman–Crippen MR) is 56.0 cm³/mol. The number of likely N-dealkylation sites (tertiary alicyclic amines) is 1. The van der Waals surface area contributed by atoms with Gasteiger partial charge in [-0.05, 0) is 39.0 Å². The summed E-state index contributed by atoms with van der Waals surface area (Å²) in [6.07, 6.45) is 0.420. The summed E-state index contributed by atoms with van der Waals surface area (Å²) in [5.74, 6) is -0.408. The first-order valence-electron chi connectivity index (χ1n) is 5.52. The minimum Gasteiger partial charge on any atom is -0.480 e. The molecule has 1 saturated heterocycles. The number of carbonyl (C=O) groups is 2. The van der Waals surface area contributed by atoms with Gasteiger partial charge in [0, 0.05) is 6.54 Å². The average Bonchev–Trinajstić information content (AvgIpc) is 2.73. The first kappa shape index (κ1) is 11.2. The van der Waals surface area contributed by atoms with E-state index < -0.39 is 23.7 Å². The number of piperidine rings is 1. The fraction of sp³-hybridized carbons (Fsp3) is 0.818. The van der Waals surface area contributed by atoms with Gasteiger partial charge in [-0.15, -0.1) is 0 Å². The van der Waals surface area contributed by atoms with E-state index in [9.17, 15) is 9.59 Å². The highest BCUT2D eigenvalue weighted by Crippen LogP contribution is 2.49. The van der Waals surface area contributed by atoms with Gasteiger partial charge < -0.3 is 9.84 Å². The molecule has 3 atom stereocenters. The standard InChI is InChI=1S/C11H17NO4/c1-11(2,3)16-10(15)12-5-6-4-7(6)8(12)9(13)14/h6-8H,4-5H2,1-3H3,(H,13,14). The van der Waals surface area contributed by atoms with Gasteiger partial charge in [0.25, 0.3) is 0 Å². The van der Waals surface area contributed by atoms with Crippen LogP contribution in [0.15, 0.2) is 0 Å². The Morgan fingerprint density at radius 2 is 2.00 bits per heavy atom. The van der Waals surface area contributed by atoms with E-state index in [1.807, 2.05) is 0 Å². The maximum Gasteiger partial charge on any atom is 0.411 e. The molecule has 5 heteroatoms. The van der Waals surface area contributed by atoms with Crippen molar-refractivity contribution in [3.05, 3.63) is 0 Å². The van der Waals surface area contributed by atoms with Crippen molar-refractivity contribution in [1.82, 2.24) is 4.90 Å².